The Hall–Kier alpha value is -6.26. The maximum absolute atomic E-state index is 13.4. The van der Waals surface area contributed by atoms with Crippen LogP contribution in [0.3, 0.4) is 0 Å². The van der Waals surface area contributed by atoms with Crippen molar-refractivity contribution in [1.82, 2.24) is 14.5 Å². The van der Waals surface area contributed by atoms with E-state index in [1.807, 2.05) is 6.07 Å². The number of esters is 3. The van der Waals surface area contributed by atoms with Gasteiger partial charge in [-0.15, -0.1) is 0 Å². The number of hydrogen-bond acceptors (Lipinski definition) is 11. The summed E-state index contributed by atoms with van der Waals surface area (Å²) in [5, 5.41) is 9.74. The second-order valence-electron chi connectivity index (χ2n) is 10.2. The first-order chi connectivity index (χ1) is 22.3. The third kappa shape index (κ3) is 5.92. The van der Waals surface area contributed by atoms with Crippen molar-refractivity contribution >= 4 is 34.9 Å². The molecule has 1 fully saturated rings. The summed E-state index contributed by atoms with van der Waals surface area (Å²) in [6, 6.07) is 26.4. The number of nitrogens with two attached hydrogens (primary N) is 1. The zero-order chi connectivity index (χ0) is 32.2. The number of hydrogen-bond donors (Lipinski definition) is 2. The Labute approximate surface area is 260 Å². The van der Waals surface area contributed by atoms with Crippen molar-refractivity contribution < 1.29 is 33.3 Å². The Morgan fingerprint density at radius 1 is 0.848 bits per heavy atom. The molecule has 13 nitrogen and oxygen atoms in total. The molecule has 1 saturated heterocycles. The number of nitrogen functional groups attached to an aromatic ring is 1. The molecule has 2 aromatic heterocycles. The number of nitrogens with zero attached hydrogens (tertiary/aromatic N) is 3. The third-order valence-corrected chi connectivity index (χ3v) is 7.27. The number of aromatic nitrogens is 3. The highest BCUT2D eigenvalue weighted by atomic mass is 16.7. The van der Waals surface area contributed by atoms with Crippen LogP contribution in [-0.4, -0.2) is 57.4 Å². The fourth-order valence-corrected chi connectivity index (χ4v) is 5.13. The first-order valence-corrected chi connectivity index (χ1v) is 14.0. The number of carbonyl (C=O) groups excluding carboxylic acids is 3. The van der Waals surface area contributed by atoms with Crippen molar-refractivity contribution in [2.75, 3.05) is 12.3 Å². The monoisotopic (exact) mass is 619 g/mol. The minimum atomic E-state index is -1.38. The zero-order valence-electron chi connectivity index (χ0n) is 23.9. The smallest absolute Gasteiger partial charge is 0.338 e. The van der Waals surface area contributed by atoms with E-state index < -0.39 is 54.6 Å². The molecule has 13 heteroatoms. The van der Waals surface area contributed by atoms with Crippen LogP contribution in [-0.2, 0) is 18.9 Å². The molecule has 1 aliphatic heterocycles. The van der Waals surface area contributed by atoms with Gasteiger partial charge in [0.25, 0.3) is 5.56 Å². The van der Waals surface area contributed by atoms with Crippen LogP contribution in [0.4, 0.5) is 5.95 Å². The van der Waals surface area contributed by atoms with Crippen molar-refractivity contribution in [1.29, 1.82) is 5.26 Å². The second-order valence-corrected chi connectivity index (χ2v) is 10.2. The molecular weight excluding hydrogens is 594 g/mol. The Morgan fingerprint density at radius 2 is 1.37 bits per heavy atom. The molecule has 0 bridgehead atoms. The van der Waals surface area contributed by atoms with Gasteiger partial charge in [-0.2, -0.15) is 10.2 Å². The maximum Gasteiger partial charge on any atom is 0.338 e. The molecule has 0 spiro atoms. The highest BCUT2D eigenvalue weighted by molar-refractivity contribution is 5.91. The van der Waals surface area contributed by atoms with Crippen molar-refractivity contribution in [3.63, 3.8) is 0 Å². The molecule has 0 aliphatic carbocycles. The van der Waals surface area contributed by atoms with Gasteiger partial charge >= 0.3 is 17.9 Å². The molecule has 0 saturated carbocycles. The lowest BCUT2D eigenvalue weighted by Gasteiger charge is -2.25. The SMILES string of the molecule is N#Cc1cn([C@H]2O[C@H](COC(=O)c3ccccc3)[C@@H](OC(=O)c3ccccc3)[C@H]2OC(=O)c2ccccc2)c2nc(N)[nH]c(=O)c12. The summed E-state index contributed by atoms with van der Waals surface area (Å²) >= 11 is 0. The minimum Gasteiger partial charge on any atom is -0.459 e. The molecule has 230 valence electrons. The fourth-order valence-electron chi connectivity index (χ4n) is 5.13. The van der Waals surface area contributed by atoms with Gasteiger partial charge in [0.1, 0.15) is 24.2 Å². The molecule has 3 N–H and O–H groups in total. The number of benzene rings is 3. The maximum atomic E-state index is 13.4. The van der Waals surface area contributed by atoms with Crippen LogP contribution in [0.5, 0.6) is 0 Å². The van der Waals surface area contributed by atoms with Gasteiger partial charge in [0.05, 0.1) is 22.3 Å². The van der Waals surface area contributed by atoms with E-state index in [1.165, 1.54) is 22.9 Å². The standard InChI is InChI=1S/C33H25N5O8/c34-16-22-17-38(27-24(22)28(39)37-33(35)36-27)29-26(46-32(42)21-14-8-3-9-15-21)25(45-31(41)20-12-6-2-7-13-20)23(44-29)18-43-30(40)19-10-4-1-5-11-19/h1-15,17,23,25-26,29H,18H2,(H3,35,36,37,39)/t23-,25-,26-,29+/m1/s1. The van der Waals surface area contributed by atoms with Crippen molar-refractivity contribution in [3.8, 4) is 6.07 Å². The van der Waals surface area contributed by atoms with E-state index in [0.29, 0.717) is 0 Å². The van der Waals surface area contributed by atoms with Crippen LogP contribution in [0.2, 0.25) is 0 Å². The molecule has 6 rings (SSSR count). The quantitative estimate of drug-likeness (QED) is 0.191. The van der Waals surface area contributed by atoms with E-state index in [4.69, 9.17) is 24.7 Å². The highest BCUT2D eigenvalue weighted by Gasteiger charge is 2.52. The lowest BCUT2D eigenvalue weighted by molar-refractivity contribution is -0.0604. The molecule has 1 aliphatic rings. The summed E-state index contributed by atoms with van der Waals surface area (Å²) in [5.74, 6) is -2.44. The summed E-state index contributed by atoms with van der Waals surface area (Å²) in [5.41, 5.74) is 5.74. The lowest BCUT2D eigenvalue weighted by Crippen LogP contribution is -2.41. The number of nitrogens with one attached hydrogen (secondary N) is 1. The number of ether oxygens (including phenoxy) is 4. The van der Waals surface area contributed by atoms with Gasteiger partial charge in [-0.1, -0.05) is 54.6 Å². The first-order valence-electron chi connectivity index (χ1n) is 14.0. The summed E-state index contributed by atoms with van der Waals surface area (Å²) < 4.78 is 25.0. The van der Waals surface area contributed by atoms with E-state index in [-0.39, 0.29) is 39.2 Å². The van der Waals surface area contributed by atoms with Gasteiger partial charge in [-0.3, -0.25) is 9.78 Å². The topological polar surface area (TPSA) is 189 Å². The van der Waals surface area contributed by atoms with Crippen LogP contribution in [0.15, 0.2) is 102 Å². The number of aromatic amines is 1. The number of fused-ring (bicyclic) bond motifs is 1. The predicted octanol–water partition coefficient (Wildman–Crippen LogP) is 3.38. The van der Waals surface area contributed by atoms with Crippen molar-refractivity contribution in [3.05, 3.63) is 130 Å². The van der Waals surface area contributed by atoms with Crippen LogP contribution >= 0.6 is 0 Å². The second kappa shape index (κ2) is 12.8. The van der Waals surface area contributed by atoms with Crippen molar-refractivity contribution in [2.45, 2.75) is 24.5 Å². The van der Waals surface area contributed by atoms with Crippen LogP contribution in [0.1, 0.15) is 42.9 Å². The van der Waals surface area contributed by atoms with Gasteiger partial charge in [0, 0.05) is 6.20 Å². The summed E-state index contributed by atoms with van der Waals surface area (Å²) in [4.78, 5) is 59.0. The van der Waals surface area contributed by atoms with E-state index in [0.717, 1.165) is 0 Å². The van der Waals surface area contributed by atoms with Gasteiger partial charge in [0.15, 0.2) is 24.1 Å². The predicted molar refractivity (Wildman–Crippen MR) is 161 cm³/mol. The Balaban J connectivity index is 1.43. The molecule has 0 amide bonds. The van der Waals surface area contributed by atoms with E-state index in [9.17, 15) is 24.4 Å². The van der Waals surface area contributed by atoms with Gasteiger partial charge < -0.3 is 29.2 Å². The Morgan fingerprint density at radius 3 is 1.91 bits per heavy atom. The largest absolute Gasteiger partial charge is 0.459 e. The van der Waals surface area contributed by atoms with Gasteiger partial charge in [-0.25, -0.2) is 14.4 Å². The molecule has 4 atom stereocenters. The highest BCUT2D eigenvalue weighted by Crippen LogP contribution is 2.37. The van der Waals surface area contributed by atoms with Crippen molar-refractivity contribution in [2.24, 2.45) is 0 Å². The zero-order valence-corrected chi connectivity index (χ0v) is 23.9. The molecule has 3 aromatic carbocycles. The van der Waals surface area contributed by atoms with Gasteiger partial charge in [0.2, 0.25) is 5.95 Å². The molecular formula is C33H25N5O8. The summed E-state index contributed by atoms with van der Waals surface area (Å²) in [6.45, 7) is -0.420. The average molecular weight is 620 g/mol. The average Bonchev–Trinajstić information content (AvgIpc) is 3.62. The Bertz CT molecular complexity index is 2000. The van der Waals surface area contributed by atoms with E-state index in [2.05, 4.69) is 9.97 Å². The Kier molecular flexibility index (Phi) is 8.27. The molecule has 0 radical (unpaired) electrons. The number of carbonyl (C=O) groups is 3. The lowest BCUT2D eigenvalue weighted by atomic mass is 10.1. The summed E-state index contributed by atoms with van der Waals surface area (Å²) in [6.07, 6.45) is -3.92. The minimum absolute atomic E-state index is 0.0429. The molecule has 3 heterocycles. The van der Waals surface area contributed by atoms with E-state index >= 15 is 0 Å². The number of anilines is 1. The number of rotatable bonds is 8. The molecule has 0 unspecified atom stereocenters. The van der Waals surface area contributed by atoms with Crippen LogP contribution in [0.25, 0.3) is 11.0 Å². The van der Waals surface area contributed by atoms with Gasteiger partial charge in [-0.05, 0) is 36.4 Å². The fraction of sp³-hybridized carbons (Fsp3) is 0.152. The normalized spacial score (nSPS) is 18.8. The van der Waals surface area contributed by atoms with E-state index in [1.54, 1.807) is 78.9 Å². The molecule has 5 aromatic rings. The summed E-state index contributed by atoms with van der Waals surface area (Å²) in [7, 11) is 0. The first kappa shape index (κ1) is 29.8. The van der Waals surface area contributed by atoms with Crippen LogP contribution < -0.4 is 11.3 Å². The third-order valence-electron chi connectivity index (χ3n) is 7.27. The number of nitriles is 1. The number of H-pyrrole nitrogens is 1. The molecule has 46 heavy (non-hydrogen) atoms. The van der Waals surface area contributed by atoms with Crippen LogP contribution in [0, 0.1) is 11.3 Å².